The maximum Gasteiger partial charge on any atom is 0.164 e. The number of nitrogens with zero attached hydrogens (tertiary/aromatic N) is 6. The minimum absolute atomic E-state index is 0.592. The molecule has 0 saturated heterocycles. The van der Waals surface area contributed by atoms with Gasteiger partial charge in [-0.2, -0.15) is 0 Å². The van der Waals surface area contributed by atoms with E-state index in [1.165, 1.54) is 37.7 Å². The molecule has 242 valence electrons. The fraction of sp³-hybridized carbons (Fsp3) is 0. The van der Waals surface area contributed by atoms with Gasteiger partial charge in [0.2, 0.25) is 0 Å². The summed E-state index contributed by atoms with van der Waals surface area (Å²) in [7, 11) is 0. The van der Waals surface area contributed by atoms with Crippen molar-refractivity contribution < 1.29 is 0 Å². The fourth-order valence-electron chi connectivity index (χ4n) is 7.23. The third-order valence-corrected chi connectivity index (χ3v) is 9.72. The van der Waals surface area contributed by atoms with Crippen molar-refractivity contribution in [1.29, 1.82) is 0 Å². The first kappa shape index (κ1) is 29.7. The number of pyridine rings is 3. The highest BCUT2D eigenvalue weighted by molar-refractivity contribution is 6.33. The first-order chi connectivity index (χ1) is 25.8. The van der Waals surface area contributed by atoms with Crippen LogP contribution in [0.1, 0.15) is 0 Å². The van der Waals surface area contributed by atoms with Gasteiger partial charge in [-0.1, -0.05) is 115 Å². The number of aromatic nitrogens is 6. The first-order valence-corrected chi connectivity index (χ1v) is 17.2. The van der Waals surface area contributed by atoms with E-state index in [1.54, 1.807) is 24.8 Å². The van der Waals surface area contributed by atoms with Gasteiger partial charge in [0.05, 0.1) is 11.2 Å². The molecule has 0 unspecified atom stereocenters. The second-order valence-electron chi connectivity index (χ2n) is 12.8. The van der Waals surface area contributed by atoms with Crippen molar-refractivity contribution in [3.63, 3.8) is 0 Å². The lowest BCUT2D eigenvalue weighted by atomic mass is 9.89. The number of fused-ring (bicyclic) bond motifs is 8. The summed E-state index contributed by atoms with van der Waals surface area (Å²) in [5.41, 5.74) is 7.92. The molecule has 10 rings (SSSR count). The topological polar surface area (TPSA) is 77.3 Å². The molecule has 6 heteroatoms. The first-order valence-electron chi connectivity index (χ1n) is 17.2. The Hall–Kier alpha value is -7.18. The molecule has 4 aromatic heterocycles. The van der Waals surface area contributed by atoms with Crippen molar-refractivity contribution in [3.05, 3.63) is 170 Å². The lowest BCUT2D eigenvalue weighted by Crippen LogP contribution is -2.00. The Balaban J connectivity index is 1.06. The molecule has 0 amide bonds. The summed E-state index contributed by atoms with van der Waals surface area (Å²) in [6.07, 6.45) is 6.97. The molecule has 0 N–H and O–H groups in total. The predicted molar refractivity (Wildman–Crippen MR) is 210 cm³/mol. The summed E-state index contributed by atoms with van der Waals surface area (Å²) in [6, 6.07) is 50.7. The summed E-state index contributed by atoms with van der Waals surface area (Å²) in [4.78, 5) is 28.1. The molecule has 0 radical (unpaired) electrons. The molecule has 0 saturated carbocycles. The van der Waals surface area contributed by atoms with E-state index >= 15 is 0 Å². The molecule has 0 aliphatic carbocycles. The molecule has 4 heterocycles. The van der Waals surface area contributed by atoms with E-state index in [2.05, 4.69) is 131 Å². The van der Waals surface area contributed by atoms with Crippen LogP contribution in [0.25, 0.3) is 99.8 Å². The Bertz CT molecular complexity index is 2870. The third-order valence-electron chi connectivity index (χ3n) is 9.72. The minimum Gasteiger partial charge on any atom is -0.265 e. The molecular weight excluding hydrogens is 637 g/mol. The maximum atomic E-state index is 5.31. The van der Waals surface area contributed by atoms with E-state index in [1.807, 2.05) is 24.3 Å². The highest BCUT2D eigenvalue weighted by Crippen LogP contribution is 2.43. The predicted octanol–water partition coefficient (Wildman–Crippen LogP) is 11.0. The average Bonchev–Trinajstić information content (AvgIpc) is 3.24. The zero-order valence-corrected chi connectivity index (χ0v) is 27.8. The normalized spacial score (nSPS) is 11.5. The molecule has 52 heavy (non-hydrogen) atoms. The van der Waals surface area contributed by atoms with E-state index < -0.39 is 0 Å². The molecule has 10 aromatic rings. The van der Waals surface area contributed by atoms with E-state index in [4.69, 9.17) is 19.9 Å². The monoisotopic (exact) mass is 664 g/mol. The number of para-hydroxylation sites is 1. The van der Waals surface area contributed by atoms with Crippen LogP contribution in [-0.4, -0.2) is 29.9 Å². The van der Waals surface area contributed by atoms with Crippen LogP contribution in [0, 0.1) is 0 Å². The molecule has 0 fully saturated rings. The largest absolute Gasteiger partial charge is 0.265 e. The maximum absolute atomic E-state index is 5.31. The van der Waals surface area contributed by atoms with Crippen molar-refractivity contribution in [2.75, 3.05) is 0 Å². The summed E-state index contributed by atoms with van der Waals surface area (Å²) in [5, 5.41) is 8.53. The average molecular weight is 665 g/mol. The van der Waals surface area contributed by atoms with Gasteiger partial charge in [0.1, 0.15) is 0 Å². The van der Waals surface area contributed by atoms with E-state index in [-0.39, 0.29) is 0 Å². The van der Waals surface area contributed by atoms with Gasteiger partial charge in [-0.3, -0.25) is 9.97 Å². The van der Waals surface area contributed by atoms with Crippen molar-refractivity contribution in [2.45, 2.75) is 0 Å². The van der Waals surface area contributed by atoms with E-state index in [0.29, 0.717) is 17.5 Å². The minimum atomic E-state index is 0.592. The number of hydrogen-bond donors (Lipinski definition) is 0. The molecule has 6 aromatic carbocycles. The molecule has 0 aliphatic rings. The number of hydrogen-bond acceptors (Lipinski definition) is 6. The van der Waals surface area contributed by atoms with Crippen LogP contribution in [-0.2, 0) is 0 Å². The summed E-state index contributed by atoms with van der Waals surface area (Å²) >= 11 is 0. The molecule has 0 atom stereocenters. The van der Waals surface area contributed by atoms with E-state index in [0.717, 1.165) is 44.6 Å². The van der Waals surface area contributed by atoms with Crippen molar-refractivity contribution in [1.82, 2.24) is 29.9 Å². The van der Waals surface area contributed by atoms with Gasteiger partial charge in [0, 0.05) is 63.2 Å². The summed E-state index contributed by atoms with van der Waals surface area (Å²) in [6.45, 7) is 0. The van der Waals surface area contributed by atoms with Crippen LogP contribution < -0.4 is 0 Å². The van der Waals surface area contributed by atoms with Crippen molar-refractivity contribution >= 4 is 43.2 Å². The molecule has 0 aliphatic heterocycles. The van der Waals surface area contributed by atoms with Crippen LogP contribution in [0.15, 0.2) is 170 Å². The van der Waals surface area contributed by atoms with Gasteiger partial charge in [-0.05, 0) is 63.0 Å². The van der Waals surface area contributed by atoms with Gasteiger partial charge in [0.25, 0.3) is 0 Å². The lowest BCUT2D eigenvalue weighted by Gasteiger charge is -2.16. The van der Waals surface area contributed by atoms with Gasteiger partial charge < -0.3 is 0 Å². The fourth-order valence-corrected chi connectivity index (χ4v) is 7.23. The zero-order chi connectivity index (χ0) is 34.4. The van der Waals surface area contributed by atoms with Gasteiger partial charge in [0.15, 0.2) is 17.5 Å². The van der Waals surface area contributed by atoms with Gasteiger partial charge >= 0.3 is 0 Å². The van der Waals surface area contributed by atoms with Crippen molar-refractivity contribution in [3.8, 4) is 56.5 Å². The zero-order valence-electron chi connectivity index (χ0n) is 27.8. The van der Waals surface area contributed by atoms with Crippen LogP contribution >= 0.6 is 0 Å². The number of benzene rings is 6. The highest BCUT2D eigenvalue weighted by Gasteiger charge is 2.18. The molecule has 0 bridgehead atoms. The Morgan fingerprint density at radius 3 is 1.17 bits per heavy atom. The Morgan fingerprint density at radius 1 is 0.269 bits per heavy atom. The summed E-state index contributed by atoms with van der Waals surface area (Å²) < 4.78 is 0. The highest BCUT2D eigenvalue weighted by atomic mass is 15.0. The van der Waals surface area contributed by atoms with Crippen LogP contribution in [0.2, 0.25) is 0 Å². The third kappa shape index (κ3) is 5.05. The quantitative estimate of drug-likeness (QED) is 0.170. The smallest absolute Gasteiger partial charge is 0.164 e. The second-order valence-corrected chi connectivity index (χ2v) is 12.8. The SMILES string of the molecule is c1ccc2c(c1)nc(-c1ccc(-c3ccc(-c4nc(-c5ccncc5)nc(-c5ccncc5)n4)cc3)cc1)c1c3ccccc3c3ccccc3c21. The Kier molecular flexibility index (Phi) is 7.03. The number of rotatable bonds is 5. The molecule has 0 spiro atoms. The Labute approximate surface area is 299 Å². The van der Waals surface area contributed by atoms with Crippen LogP contribution in [0.4, 0.5) is 0 Å². The summed E-state index contributed by atoms with van der Waals surface area (Å²) in [5.74, 6) is 1.79. The lowest BCUT2D eigenvalue weighted by molar-refractivity contribution is 1.07. The van der Waals surface area contributed by atoms with Crippen molar-refractivity contribution in [2.24, 2.45) is 0 Å². The standard InChI is InChI=1S/C46H28N6/c1-3-9-37-35(7-1)36-8-2-4-10-38(36)42-41(37)39-11-5-6-12-40(39)49-43(42)31-17-13-29(14-18-31)30-15-19-32(20-16-30)44-50-45(33-21-25-47-26-22-33)52-46(51-44)34-23-27-48-28-24-34/h1-28H. The van der Waals surface area contributed by atoms with Gasteiger partial charge in [-0.25, -0.2) is 19.9 Å². The van der Waals surface area contributed by atoms with Crippen LogP contribution in [0.5, 0.6) is 0 Å². The molecule has 6 nitrogen and oxygen atoms in total. The second kappa shape index (κ2) is 12.3. The van der Waals surface area contributed by atoms with Crippen LogP contribution in [0.3, 0.4) is 0 Å². The van der Waals surface area contributed by atoms with E-state index in [9.17, 15) is 0 Å². The Morgan fingerprint density at radius 2 is 0.654 bits per heavy atom. The van der Waals surface area contributed by atoms with Gasteiger partial charge in [-0.15, -0.1) is 0 Å². The molecular formula is C46H28N6.